The first-order chi connectivity index (χ1) is 14.8. The summed E-state index contributed by atoms with van der Waals surface area (Å²) in [6, 6.07) is 7.70. The molecule has 1 aromatic rings. The van der Waals surface area contributed by atoms with Crippen molar-refractivity contribution in [2.75, 3.05) is 53.0 Å². The molecule has 0 atom stereocenters. The maximum absolute atomic E-state index is 13.0. The molecule has 166 valence electrons. The van der Waals surface area contributed by atoms with E-state index in [1.165, 1.54) is 21.3 Å². The van der Waals surface area contributed by atoms with Crippen LogP contribution in [0.2, 0.25) is 0 Å². The van der Waals surface area contributed by atoms with Crippen LogP contribution in [0.5, 0.6) is 0 Å². The number of nitriles is 1. The summed E-state index contributed by atoms with van der Waals surface area (Å²) in [5.41, 5.74) is -0.692. The van der Waals surface area contributed by atoms with Gasteiger partial charge in [0.15, 0.2) is 0 Å². The number of rotatable bonds is 4. The standard InChI is InChI=1S/C20H26N6O4S/c1-23-8-6-20(7-9-23)18(27)26(19(28)22-20)15-24-10-12-25(13-11-24)31(29,30)17-5-3-2-4-16(17)14-21/h2-5H,6-13,15H2,1H3,(H,22,28). The number of hydrogen-bond acceptors (Lipinski definition) is 7. The quantitative estimate of drug-likeness (QED) is 0.639. The average Bonchev–Trinajstić information content (AvgIpc) is 3.00. The molecule has 11 heteroatoms. The van der Waals surface area contributed by atoms with E-state index < -0.39 is 15.6 Å². The number of benzene rings is 1. The molecule has 0 unspecified atom stereocenters. The van der Waals surface area contributed by atoms with Gasteiger partial charge in [-0.1, -0.05) is 12.1 Å². The number of carbonyl (C=O) groups excluding carboxylic acids is 2. The highest BCUT2D eigenvalue weighted by Gasteiger charge is 2.52. The third-order valence-electron chi connectivity index (χ3n) is 6.38. The van der Waals surface area contributed by atoms with Gasteiger partial charge in [-0.2, -0.15) is 9.57 Å². The second-order valence-electron chi connectivity index (χ2n) is 8.32. The molecule has 3 amide bonds. The molecule has 3 fully saturated rings. The summed E-state index contributed by atoms with van der Waals surface area (Å²) in [5, 5.41) is 12.1. The Hall–Kier alpha value is -2.52. The van der Waals surface area contributed by atoms with Crippen molar-refractivity contribution in [2.24, 2.45) is 0 Å². The second kappa shape index (κ2) is 8.20. The number of hydrogen-bond donors (Lipinski definition) is 1. The van der Waals surface area contributed by atoms with Crippen LogP contribution in [0, 0.1) is 11.3 Å². The summed E-state index contributed by atoms with van der Waals surface area (Å²) < 4.78 is 27.3. The highest BCUT2D eigenvalue weighted by atomic mass is 32.2. The van der Waals surface area contributed by atoms with Crippen LogP contribution in [0.25, 0.3) is 0 Å². The number of amides is 3. The molecule has 10 nitrogen and oxygen atoms in total. The van der Waals surface area contributed by atoms with Crippen LogP contribution in [-0.2, 0) is 14.8 Å². The van der Waals surface area contributed by atoms with Crippen LogP contribution in [0.4, 0.5) is 4.79 Å². The predicted octanol–water partition coefficient (Wildman–Crippen LogP) is -0.162. The molecule has 3 aliphatic rings. The number of likely N-dealkylation sites (tertiary alicyclic amines) is 1. The van der Waals surface area contributed by atoms with Crippen LogP contribution in [0.3, 0.4) is 0 Å². The molecule has 0 radical (unpaired) electrons. The SMILES string of the molecule is CN1CCC2(CC1)NC(=O)N(CN1CCN(S(=O)(=O)c3ccccc3C#N)CC1)C2=O. The topological polar surface area (TPSA) is 117 Å². The van der Waals surface area contributed by atoms with Gasteiger partial charge in [-0.15, -0.1) is 0 Å². The normalized spacial score (nSPS) is 23.2. The van der Waals surface area contributed by atoms with E-state index in [1.807, 2.05) is 18.0 Å². The number of nitrogens with zero attached hydrogens (tertiary/aromatic N) is 5. The Kier molecular flexibility index (Phi) is 5.74. The number of nitrogens with one attached hydrogen (secondary N) is 1. The number of imide groups is 1. The Morgan fingerprint density at radius 3 is 2.35 bits per heavy atom. The summed E-state index contributed by atoms with van der Waals surface area (Å²) >= 11 is 0. The number of piperazine rings is 1. The Balaban J connectivity index is 1.39. The summed E-state index contributed by atoms with van der Waals surface area (Å²) in [7, 11) is -1.79. The maximum atomic E-state index is 13.0. The highest BCUT2D eigenvalue weighted by Crippen LogP contribution is 2.29. The van der Waals surface area contributed by atoms with E-state index in [2.05, 4.69) is 10.2 Å². The fourth-order valence-corrected chi connectivity index (χ4v) is 5.94. The lowest BCUT2D eigenvalue weighted by atomic mass is 9.88. The molecule has 0 bridgehead atoms. The molecule has 0 saturated carbocycles. The first-order valence-electron chi connectivity index (χ1n) is 10.3. The molecule has 0 aliphatic carbocycles. The van der Waals surface area contributed by atoms with Crippen LogP contribution in [0.15, 0.2) is 29.2 Å². The van der Waals surface area contributed by atoms with E-state index in [9.17, 15) is 23.3 Å². The van der Waals surface area contributed by atoms with E-state index >= 15 is 0 Å². The lowest BCUT2D eigenvalue weighted by Crippen LogP contribution is -2.55. The van der Waals surface area contributed by atoms with Crippen molar-refractivity contribution in [3.05, 3.63) is 29.8 Å². The zero-order valence-electron chi connectivity index (χ0n) is 17.5. The van der Waals surface area contributed by atoms with Gasteiger partial charge in [-0.05, 0) is 32.0 Å². The van der Waals surface area contributed by atoms with Crippen molar-refractivity contribution < 1.29 is 18.0 Å². The summed E-state index contributed by atoms with van der Waals surface area (Å²) in [4.78, 5) is 30.8. The molecule has 3 heterocycles. The number of piperidine rings is 1. The largest absolute Gasteiger partial charge is 0.326 e. The van der Waals surface area contributed by atoms with E-state index in [-0.39, 0.29) is 42.2 Å². The fourth-order valence-electron chi connectivity index (χ4n) is 4.38. The van der Waals surface area contributed by atoms with Crippen molar-refractivity contribution >= 4 is 22.0 Å². The minimum absolute atomic E-state index is 0.00394. The van der Waals surface area contributed by atoms with Gasteiger partial charge < -0.3 is 10.2 Å². The van der Waals surface area contributed by atoms with E-state index in [0.717, 1.165) is 13.1 Å². The molecule has 0 aromatic heterocycles. The number of urea groups is 1. The summed E-state index contributed by atoms with van der Waals surface area (Å²) in [5.74, 6) is -0.191. The molecule has 31 heavy (non-hydrogen) atoms. The van der Waals surface area contributed by atoms with Gasteiger partial charge in [0.25, 0.3) is 5.91 Å². The second-order valence-corrected chi connectivity index (χ2v) is 10.2. The highest BCUT2D eigenvalue weighted by molar-refractivity contribution is 7.89. The van der Waals surface area contributed by atoms with Crippen molar-refractivity contribution in [1.82, 2.24) is 24.3 Å². The van der Waals surface area contributed by atoms with Gasteiger partial charge >= 0.3 is 6.03 Å². The minimum atomic E-state index is -3.78. The predicted molar refractivity (Wildman–Crippen MR) is 111 cm³/mol. The Bertz CT molecular complexity index is 1020. The van der Waals surface area contributed by atoms with Gasteiger partial charge in [0.05, 0.1) is 17.1 Å². The van der Waals surface area contributed by atoms with E-state index in [0.29, 0.717) is 25.9 Å². The maximum Gasteiger partial charge on any atom is 0.326 e. The fraction of sp³-hybridized carbons (Fsp3) is 0.550. The smallest absolute Gasteiger partial charge is 0.323 e. The molecule has 4 rings (SSSR count). The molecule has 1 aromatic carbocycles. The summed E-state index contributed by atoms with van der Waals surface area (Å²) in [6.07, 6.45) is 1.18. The van der Waals surface area contributed by atoms with Gasteiger partial charge in [0.1, 0.15) is 11.6 Å². The Morgan fingerprint density at radius 2 is 1.71 bits per heavy atom. The zero-order chi connectivity index (χ0) is 22.2. The van der Waals surface area contributed by atoms with Gasteiger partial charge in [-0.3, -0.25) is 9.69 Å². The van der Waals surface area contributed by atoms with Crippen molar-refractivity contribution in [2.45, 2.75) is 23.3 Å². The van der Waals surface area contributed by atoms with Crippen LogP contribution in [-0.4, -0.2) is 97.9 Å². The third-order valence-corrected chi connectivity index (χ3v) is 8.34. The Morgan fingerprint density at radius 1 is 1.06 bits per heavy atom. The first-order valence-corrected chi connectivity index (χ1v) is 11.8. The van der Waals surface area contributed by atoms with E-state index in [1.54, 1.807) is 12.1 Å². The molecule has 1 spiro atoms. The minimum Gasteiger partial charge on any atom is -0.323 e. The van der Waals surface area contributed by atoms with Crippen LogP contribution < -0.4 is 5.32 Å². The molecule has 1 N–H and O–H groups in total. The lowest BCUT2D eigenvalue weighted by Gasteiger charge is -2.37. The summed E-state index contributed by atoms with van der Waals surface area (Å²) in [6.45, 7) is 2.87. The zero-order valence-corrected chi connectivity index (χ0v) is 18.3. The third kappa shape index (κ3) is 3.92. The van der Waals surface area contributed by atoms with Crippen molar-refractivity contribution in [3.8, 4) is 6.07 Å². The monoisotopic (exact) mass is 446 g/mol. The van der Waals surface area contributed by atoms with E-state index in [4.69, 9.17) is 0 Å². The average molecular weight is 447 g/mol. The van der Waals surface area contributed by atoms with Gasteiger partial charge in [0.2, 0.25) is 10.0 Å². The lowest BCUT2D eigenvalue weighted by molar-refractivity contribution is -0.134. The van der Waals surface area contributed by atoms with Crippen molar-refractivity contribution in [1.29, 1.82) is 5.26 Å². The van der Waals surface area contributed by atoms with Crippen LogP contribution in [0.1, 0.15) is 18.4 Å². The van der Waals surface area contributed by atoms with Crippen molar-refractivity contribution in [3.63, 3.8) is 0 Å². The first kappa shape index (κ1) is 21.7. The molecule has 3 aliphatic heterocycles. The number of carbonyl (C=O) groups is 2. The Labute approximate surface area is 182 Å². The molecular formula is C20H26N6O4S. The number of sulfonamides is 1. The molecular weight excluding hydrogens is 420 g/mol. The van der Waals surface area contributed by atoms with Crippen LogP contribution >= 0.6 is 0 Å². The molecule has 3 saturated heterocycles. The van der Waals surface area contributed by atoms with Gasteiger partial charge in [-0.25, -0.2) is 18.1 Å². The van der Waals surface area contributed by atoms with Gasteiger partial charge in [0, 0.05) is 39.3 Å².